The van der Waals surface area contributed by atoms with Crippen LogP contribution in [0.5, 0.6) is 0 Å². The number of carbonyl (C=O) groups is 1. The minimum absolute atomic E-state index is 0.0401. The highest BCUT2D eigenvalue weighted by atomic mass is 19.4. The summed E-state index contributed by atoms with van der Waals surface area (Å²) in [5.74, 6) is -0.507. The topological polar surface area (TPSA) is 41.1 Å². The Bertz CT molecular complexity index is 365. The van der Waals surface area contributed by atoms with Crippen LogP contribution in [0.3, 0.4) is 0 Å². The van der Waals surface area contributed by atoms with E-state index in [-0.39, 0.29) is 6.42 Å². The standard InChI is InChI=1S/C11H13F3N2O/c1-8(11(12,13)14)15-16-10(17)7-9-5-3-2-4-6-9/h2-6,8,15H,7H2,1H3,(H,16,17). The van der Waals surface area contributed by atoms with Crippen LogP contribution in [0, 0.1) is 0 Å². The van der Waals surface area contributed by atoms with Crippen LogP contribution in [0.25, 0.3) is 0 Å². The molecule has 94 valence electrons. The SMILES string of the molecule is CC(NNC(=O)Cc1ccccc1)C(F)(F)F. The molecule has 3 nitrogen and oxygen atoms in total. The van der Waals surface area contributed by atoms with Crippen LogP contribution in [0.2, 0.25) is 0 Å². The average Bonchev–Trinajstić information content (AvgIpc) is 2.26. The van der Waals surface area contributed by atoms with Crippen molar-refractivity contribution in [3.8, 4) is 0 Å². The molecule has 0 spiro atoms. The summed E-state index contributed by atoms with van der Waals surface area (Å²) in [7, 11) is 0. The van der Waals surface area contributed by atoms with Crippen LogP contribution in [0.4, 0.5) is 13.2 Å². The number of nitrogens with one attached hydrogen (secondary N) is 2. The smallest absolute Gasteiger partial charge is 0.291 e. The molecule has 1 aromatic rings. The molecule has 1 amide bonds. The number of hydrazine groups is 1. The van der Waals surface area contributed by atoms with Gasteiger partial charge >= 0.3 is 6.18 Å². The largest absolute Gasteiger partial charge is 0.405 e. The van der Waals surface area contributed by atoms with Gasteiger partial charge in [-0.3, -0.25) is 10.2 Å². The third-order valence-electron chi connectivity index (χ3n) is 2.13. The summed E-state index contributed by atoms with van der Waals surface area (Å²) in [6, 6.07) is 7.00. The van der Waals surface area contributed by atoms with E-state index in [9.17, 15) is 18.0 Å². The van der Waals surface area contributed by atoms with Gasteiger partial charge in [-0.05, 0) is 12.5 Å². The van der Waals surface area contributed by atoms with Gasteiger partial charge in [0.25, 0.3) is 0 Å². The quantitative estimate of drug-likeness (QED) is 0.795. The number of rotatable bonds is 4. The van der Waals surface area contributed by atoms with Gasteiger partial charge in [0.05, 0.1) is 6.42 Å². The minimum Gasteiger partial charge on any atom is -0.291 e. The molecule has 0 radical (unpaired) electrons. The van der Waals surface area contributed by atoms with E-state index in [1.54, 1.807) is 30.3 Å². The zero-order chi connectivity index (χ0) is 12.9. The molecule has 0 heterocycles. The van der Waals surface area contributed by atoms with Gasteiger partial charge in [0.2, 0.25) is 5.91 Å². The maximum absolute atomic E-state index is 12.1. The lowest BCUT2D eigenvalue weighted by atomic mass is 10.1. The number of hydrogen-bond donors (Lipinski definition) is 2. The molecular formula is C11H13F3N2O. The van der Waals surface area contributed by atoms with E-state index in [0.29, 0.717) is 0 Å². The van der Waals surface area contributed by atoms with E-state index >= 15 is 0 Å². The Morgan fingerprint density at radius 2 is 1.88 bits per heavy atom. The van der Waals surface area contributed by atoms with E-state index in [1.165, 1.54) is 0 Å². The molecule has 1 aromatic carbocycles. The van der Waals surface area contributed by atoms with Crippen molar-refractivity contribution in [2.45, 2.75) is 25.6 Å². The predicted molar refractivity (Wildman–Crippen MR) is 56.9 cm³/mol. The summed E-state index contributed by atoms with van der Waals surface area (Å²) in [5, 5.41) is 0. The molecular weight excluding hydrogens is 233 g/mol. The molecule has 0 saturated heterocycles. The first-order valence-electron chi connectivity index (χ1n) is 5.04. The number of carbonyl (C=O) groups excluding carboxylic acids is 1. The molecule has 1 rings (SSSR count). The number of benzene rings is 1. The molecule has 2 N–H and O–H groups in total. The van der Waals surface area contributed by atoms with Gasteiger partial charge in [-0.25, -0.2) is 5.43 Å². The van der Waals surface area contributed by atoms with Gasteiger partial charge < -0.3 is 0 Å². The van der Waals surface area contributed by atoms with Gasteiger partial charge in [-0.15, -0.1) is 0 Å². The fourth-order valence-corrected chi connectivity index (χ4v) is 1.10. The van der Waals surface area contributed by atoms with Gasteiger partial charge in [0.15, 0.2) is 0 Å². The van der Waals surface area contributed by atoms with E-state index in [2.05, 4.69) is 0 Å². The van der Waals surface area contributed by atoms with Gasteiger partial charge in [-0.1, -0.05) is 30.3 Å². The van der Waals surface area contributed by atoms with Gasteiger partial charge in [0.1, 0.15) is 6.04 Å². The first kappa shape index (κ1) is 13.5. The molecule has 6 heteroatoms. The van der Waals surface area contributed by atoms with Crippen LogP contribution < -0.4 is 10.9 Å². The fourth-order valence-electron chi connectivity index (χ4n) is 1.10. The van der Waals surface area contributed by atoms with Gasteiger partial charge in [0, 0.05) is 0 Å². The highest BCUT2D eigenvalue weighted by molar-refractivity contribution is 5.78. The maximum Gasteiger partial charge on any atom is 0.405 e. The molecule has 0 aliphatic carbocycles. The first-order valence-corrected chi connectivity index (χ1v) is 5.04. The lowest BCUT2D eigenvalue weighted by molar-refractivity contribution is -0.155. The Hall–Kier alpha value is -1.56. The zero-order valence-electron chi connectivity index (χ0n) is 9.21. The summed E-state index contributed by atoms with van der Waals surface area (Å²) < 4.78 is 36.3. The average molecular weight is 246 g/mol. The lowest BCUT2D eigenvalue weighted by Crippen LogP contribution is -2.50. The second kappa shape index (κ2) is 5.67. The van der Waals surface area contributed by atoms with Crippen molar-refractivity contribution in [2.24, 2.45) is 0 Å². The molecule has 0 aliphatic rings. The number of alkyl halides is 3. The predicted octanol–water partition coefficient (Wildman–Crippen LogP) is 1.80. The summed E-state index contributed by atoms with van der Waals surface area (Å²) in [6.07, 6.45) is -4.33. The van der Waals surface area contributed by atoms with E-state index in [0.717, 1.165) is 12.5 Å². The van der Waals surface area contributed by atoms with Crippen molar-refractivity contribution in [3.05, 3.63) is 35.9 Å². The molecule has 0 aromatic heterocycles. The molecule has 0 bridgehead atoms. The molecule has 0 aliphatic heterocycles. The lowest BCUT2D eigenvalue weighted by Gasteiger charge is -2.17. The minimum atomic E-state index is -4.37. The Morgan fingerprint density at radius 1 is 1.29 bits per heavy atom. The van der Waals surface area contributed by atoms with E-state index < -0.39 is 18.1 Å². The zero-order valence-corrected chi connectivity index (χ0v) is 9.21. The van der Waals surface area contributed by atoms with Crippen LogP contribution in [0.15, 0.2) is 30.3 Å². The Balaban J connectivity index is 2.36. The summed E-state index contributed by atoms with van der Waals surface area (Å²) in [4.78, 5) is 11.3. The summed E-state index contributed by atoms with van der Waals surface area (Å²) in [5.41, 5.74) is 4.69. The number of hydrogen-bond acceptors (Lipinski definition) is 2. The van der Waals surface area contributed by atoms with E-state index in [1.807, 2.05) is 10.9 Å². The summed E-state index contributed by atoms with van der Waals surface area (Å²) in [6.45, 7) is 0.933. The third kappa shape index (κ3) is 4.86. The van der Waals surface area contributed by atoms with Crippen molar-refractivity contribution in [2.75, 3.05) is 0 Å². The molecule has 1 atom stereocenters. The Morgan fingerprint density at radius 3 is 2.41 bits per heavy atom. The molecule has 1 unspecified atom stereocenters. The maximum atomic E-state index is 12.1. The van der Waals surface area contributed by atoms with Crippen molar-refractivity contribution in [3.63, 3.8) is 0 Å². The van der Waals surface area contributed by atoms with Crippen LogP contribution in [0.1, 0.15) is 12.5 Å². The number of amides is 1. The van der Waals surface area contributed by atoms with Crippen molar-refractivity contribution >= 4 is 5.91 Å². The molecule has 0 fully saturated rings. The molecule has 0 saturated carbocycles. The third-order valence-corrected chi connectivity index (χ3v) is 2.13. The van der Waals surface area contributed by atoms with Crippen molar-refractivity contribution in [1.29, 1.82) is 0 Å². The highest BCUT2D eigenvalue weighted by Gasteiger charge is 2.35. The second-order valence-corrected chi connectivity index (χ2v) is 3.62. The van der Waals surface area contributed by atoms with Crippen LogP contribution in [-0.4, -0.2) is 18.1 Å². The Labute approximate surface area is 97.0 Å². The number of halogens is 3. The normalized spacial score (nSPS) is 13.2. The van der Waals surface area contributed by atoms with Crippen LogP contribution in [-0.2, 0) is 11.2 Å². The van der Waals surface area contributed by atoms with Crippen molar-refractivity contribution < 1.29 is 18.0 Å². The second-order valence-electron chi connectivity index (χ2n) is 3.62. The summed E-state index contributed by atoms with van der Waals surface area (Å²) >= 11 is 0. The van der Waals surface area contributed by atoms with Crippen LogP contribution >= 0.6 is 0 Å². The molecule has 17 heavy (non-hydrogen) atoms. The fraction of sp³-hybridized carbons (Fsp3) is 0.364. The van der Waals surface area contributed by atoms with Crippen molar-refractivity contribution in [1.82, 2.24) is 10.9 Å². The monoisotopic (exact) mass is 246 g/mol. The van der Waals surface area contributed by atoms with Gasteiger partial charge in [-0.2, -0.15) is 13.2 Å². The first-order chi connectivity index (χ1) is 7.89. The van der Waals surface area contributed by atoms with E-state index in [4.69, 9.17) is 0 Å². The highest BCUT2D eigenvalue weighted by Crippen LogP contribution is 2.18. The Kier molecular flexibility index (Phi) is 4.51.